The highest BCUT2D eigenvalue weighted by atomic mass is 35.5. The Morgan fingerprint density at radius 1 is 1.23 bits per heavy atom. The summed E-state index contributed by atoms with van der Waals surface area (Å²) < 4.78 is 48.5. The number of benzene rings is 2. The predicted molar refractivity (Wildman–Crippen MR) is 85.3 cm³/mol. The van der Waals surface area contributed by atoms with Crippen molar-refractivity contribution in [3.8, 4) is 23.3 Å². The third-order valence-corrected chi connectivity index (χ3v) is 3.40. The fraction of sp³-hybridized carbons (Fsp3) is 0.188. The highest BCUT2D eigenvalue weighted by Gasteiger charge is 2.31. The van der Waals surface area contributed by atoms with Crippen LogP contribution in [0.1, 0.15) is 12.5 Å². The molecule has 0 spiro atoms. The summed E-state index contributed by atoms with van der Waals surface area (Å²) in [7, 11) is 0. The maximum Gasteiger partial charge on any atom is 0.416 e. The first-order valence-corrected chi connectivity index (χ1v) is 7.39. The molecule has 2 rings (SSSR count). The minimum absolute atomic E-state index is 0.0393. The quantitative estimate of drug-likeness (QED) is 0.510. The Balaban J connectivity index is 2.34. The predicted octanol–water partition coefficient (Wildman–Crippen LogP) is 5.35. The molecule has 1 unspecified atom stereocenters. The average Bonchev–Trinajstić information content (AvgIpc) is 2.55. The van der Waals surface area contributed by atoms with Gasteiger partial charge in [-0.2, -0.15) is 18.4 Å². The lowest BCUT2D eigenvalue weighted by Gasteiger charge is -2.13. The molecule has 0 saturated heterocycles. The molecule has 0 radical (unpaired) electrons. The van der Waals surface area contributed by atoms with E-state index in [2.05, 4.69) is 0 Å². The molecule has 1 atom stereocenters. The molecule has 136 valence electrons. The standard InChI is InChI=1S/C16H10ClF3N2O4/c1-9(8-21)25-15-7-11(3-4-13(15)22(23)24)26-14-5-2-10(6-12(14)17)16(18,19)20/h2-7,9H,1H3. The summed E-state index contributed by atoms with van der Waals surface area (Å²) in [6.45, 7) is 1.39. The van der Waals surface area contributed by atoms with Crippen molar-refractivity contribution in [2.24, 2.45) is 0 Å². The van der Waals surface area contributed by atoms with Crippen LogP contribution >= 0.6 is 11.6 Å². The maximum absolute atomic E-state index is 12.6. The van der Waals surface area contributed by atoms with Crippen LogP contribution < -0.4 is 9.47 Å². The molecule has 2 aromatic rings. The van der Waals surface area contributed by atoms with Crippen LogP contribution in [0.2, 0.25) is 5.02 Å². The summed E-state index contributed by atoms with van der Waals surface area (Å²) in [5, 5.41) is 19.5. The van der Waals surface area contributed by atoms with Crippen LogP contribution in [0.4, 0.5) is 18.9 Å². The topological polar surface area (TPSA) is 85.4 Å². The summed E-state index contributed by atoms with van der Waals surface area (Å²) in [6, 6.07) is 7.77. The molecule has 0 aliphatic heterocycles. The van der Waals surface area contributed by atoms with Crippen molar-refractivity contribution >= 4 is 17.3 Å². The number of nitro groups is 1. The van der Waals surface area contributed by atoms with Gasteiger partial charge in [0.05, 0.1) is 15.5 Å². The molecule has 0 bridgehead atoms. The number of ether oxygens (including phenoxy) is 2. The number of halogens is 4. The van der Waals surface area contributed by atoms with Crippen molar-refractivity contribution < 1.29 is 27.6 Å². The Morgan fingerprint density at radius 3 is 2.46 bits per heavy atom. The van der Waals surface area contributed by atoms with Gasteiger partial charge in [-0.1, -0.05) is 11.6 Å². The molecule has 0 saturated carbocycles. The van der Waals surface area contributed by atoms with E-state index in [1.54, 1.807) is 6.07 Å². The highest BCUT2D eigenvalue weighted by Crippen LogP contribution is 2.38. The molecule has 0 aliphatic carbocycles. The number of nitro benzene ring substituents is 1. The summed E-state index contributed by atoms with van der Waals surface area (Å²) >= 11 is 5.81. The first-order valence-electron chi connectivity index (χ1n) is 7.01. The molecule has 0 aliphatic rings. The van der Waals surface area contributed by atoms with E-state index < -0.39 is 28.5 Å². The van der Waals surface area contributed by atoms with Gasteiger partial charge in [-0.05, 0) is 31.2 Å². The van der Waals surface area contributed by atoms with E-state index in [0.717, 1.165) is 24.3 Å². The first kappa shape index (κ1) is 19.3. The highest BCUT2D eigenvalue weighted by molar-refractivity contribution is 6.32. The maximum atomic E-state index is 12.6. The lowest BCUT2D eigenvalue weighted by molar-refractivity contribution is -0.386. The minimum Gasteiger partial charge on any atom is -0.469 e. The van der Waals surface area contributed by atoms with E-state index in [1.807, 2.05) is 0 Å². The number of hydrogen-bond acceptors (Lipinski definition) is 5. The minimum atomic E-state index is -4.55. The second-order valence-electron chi connectivity index (χ2n) is 5.02. The SMILES string of the molecule is CC(C#N)Oc1cc(Oc2ccc(C(F)(F)F)cc2Cl)ccc1[N+](=O)[O-]. The Kier molecular flexibility index (Phi) is 5.57. The van der Waals surface area contributed by atoms with Crippen molar-refractivity contribution in [1.82, 2.24) is 0 Å². The number of nitriles is 1. The van der Waals surface area contributed by atoms with E-state index in [9.17, 15) is 23.3 Å². The average molecular weight is 387 g/mol. The monoisotopic (exact) mass is 386 g/mol. The third-order valence-electron chi connectivity index (χ3n) is 3.10. The van der Waals surface area contributed by atoms with Gasteiger partial charge < -0.3 is 9.47 Å². The van der Waals surface area contributed by atoms with Crippen molar-refractivity contribution in [2.45, 2.75) is 19.2 Å². The zero-order chi connectivity index (χ0) is 19.5. The van der Waals surface area contributed by atoms with Crippen LogP contribution in [0.5, 0.6) is 17.2 Å². The zero-order valence-corrected chi connectivity index (χ0v) is 13.8. The van der Waals surface area contributed by atoms with E-state index in [-0.39, 0.29) is 22.3 Å². The lowest BCUT2D eigenvalue weighted by atomic mass is 10.2. The van der Waals surface area contributed by atoms with E-state index in [4.69, 9.17) is 26.3 Å². The molecule has 10 heteroatoms. The molecule has 6 nitrogen and oxygen atoms in total. The van der Waals surface area contributed by atoms with E-state index in [1.165, 1.54) is 13.0 Å². The first-order chi connectivity index (χ1) is 12.1. The Labute approximate surface area is 150 Å². The molecule has 0 N–H and O–H groups in total. The van der Waals surface area contributed by atoms with Crippen molar-refractivity contribution in [3.63, 3.8) is 0 Å². The van der Waals surface area contributed by atoms with Gasteiger partial charge in [0.2, 0.25) is 5.75 Å². The second-order valence-corrected chi connectivity index (χ2v) is 5.43. The number of hydrogen-bond donors (Lipinski definition) is 0. The van der Waals surface area contributed by atoms with Crippen molar-refractivity contribution in [3.05, 3.63) is 57.1 Å². The summed E-state index contributed by atoms with van der Waals surface area (Å²) in [5.41, 5.74) is -1.33. The van der Waals surface area contributed by atoms with Crippen LogP contribution in [0, 0.1) is 21.4 Å². The van der Waals surface area contributed by atoms with Gasteiger partial charge in [-0.3, -0.25) is 10.1 Å². The summed E-state index contributed by atoms with van der Waals surface area (Å²) in [5.74, 6) is -0.255. The van der Waals surface area contributed by atoms with Crippen molar-refractivity contribution in [2.75, 3.05) is 0 Å². The van der Waals surface area contributed by atoms with Crippen molar-refractivity contribution in [1.29, 1.82) is 5.26 Å². The van der Waals surface area contributed by atoms with E-state index >= 15 is 0 Å². The largest absolute Gasteiger partial charge is 0.469 e. The van der Waals surface area contributed by atoms with Crippen LogP contribution in [-0.4, -0.2) is 11.0 Å². The molecule has 0 aromatic heterocycles. The summed E-state index contributed by atoms with van der Waals surface area (Å²) in [6.07, 6.45) is -5.51. The van der Waals surface area contributed by atoms with Gasteiger partial charge >= 0.3 is 11.9 Å². The number of alkyl halides is 3. The van der Waals surface area contributed by atoms with Gasteiger partial charge in [0.15, 0.2) is 6.10 Å². The third kappa shape index (κ3) is 4.55. The summed E-state index contributed by atoms with van der Waals surface area (Å²) in [4.78, 5) is 10.3. The number of nitrogens with zero attached hydrogens (tertiary/aromatic N) is 2. The molecular formula is C16H10ClF3N2O4. The fourth-order valence-electron chi connectivity index (χ4n) is 1.91. The lowest BCUT2D eigenvalue weighted by Crippen LogP contribution is -2.09. The number of rotatable bonds is 5. The molecule has 2 aromatic carbocycles. The van der Waals surface area contributed by atoms with Gasteiger partial charge in [0.25, 0.3) is 0 Å². The van der Waals surface area contributed by atoms with Crippen LogP contribution in [0.3, 0.4) is 0 Å². The molecule has 0 amide bonds. The molecule has 0 fully saturated rings. The van der Waals surface area contributed by atoms with Crippen LogP contribution in [-0.2, 0) is 6.18 Å². The van der Waals surface area contributed by atoms with Gasteiger partial charge in [0, 0.05) is 12.1 Å². The smallest absolute Gasteiger partial charge is 0.416 e. The molecule has 26 heavy (non-hydrogen) atoms. The Bertz CT molecular complexity index is 881. The normalized spacial score (nSPS) is 12.2. The van der Waals surface area contributed by atoms with Crippen LogP contribution in [0.15, 0.2) is 36.4 Å². The molecular weight excluding hydrogens is 377 g/mol. The second kappa shape index (κ2) is 7.49. The van der Waals surface area contributed by atoms with Gasteiger partial charge in [-0.15, -0.1) is 0 Å². The van der Waals surface area contributed by atoms with E-state index in [0.29, 0.717) is 6.07 Å². The fourth-order valence-corrected chi connectivity index (χ4v) is 2.13. The van der Waals surface area contributed by atoms with Gasteiger partial charge in [-0.25, -0.2) is 0 Å². The Morgan fingerprint density at radius 2 is 1.92 bits per heavy atom. The molecule has 0 heterocycles. The Hall–Kier alpha value is -2.99. The van der Waals surface area contributed by atoms with Crippen LogP contribution in [0.25, 0.3) is 0 Å². The van der Waals surface area contributed by atoms with Gasteiger partial charge in [0.1, 0.15) is 17.6 Å². The zero-order valence-electron chi connectivity index (χ0n) is 13.1.